The van der Waals surface area contributed by atoms with Gasteiger partial charge in [0.05, 0.1) is 6.61 Å². The molecular weight excluding hydrogens is 218 g/mol. The normalized spacial score (nSPS) is 25.5. The molecule has 6 heteroatoms. The minimum atomic E-state index is -0.794. The highest BCUT2D eigenvalue weighted by atomic mass is 35.5. The zero-order valence-corrected chi connectivity index (χ0v) is 8.87. The van der Waals surface area contributed by atoms with Gasteiger partial charge in [-0.25, -0.2) is 9.97 Å². The summed E-state index contributed by atoms with van der Waals surface area (Å²) in [5.41, 5.74) is -0.794. The van der Waals surface area contributed by atoms with Crippen molar-refractivity contribution >= 4 is 17.4 Å². The van der Waals surface area contributed by atoms with Crippen molar-refractivity contribution in [3.63, 3.8) is 0 Å². The molecule has 1 unspecified atom stereocenters. The zero-order chi connectivity index (χ0) is 10.7. The molecule has 1 aromatic heterocycles. The minimum Gasteiger partial charge on any atom is -0.386 e. The Morgan fingerprint density at radius 1 is 1.60 bits per heavy atom. The van der Waals surface area contributed by atoms with Gasteiger partial charge in [-0.1, -0.05) is 11.6 Å². The van der Waals surface area contributed by atoms with Crippen molar-refractivity contribution in [1.82, 2.24) is 9.97 Å². The van der Waals surface area contributed by atoms with E-state index >= 15 is 0 Å². The molecule has 0 amide bonds. The smallest absolute Gasteiger partial charge is 0.134 e. The predicted octanol–water partition coefficient (Wildman–Crippen LogP) is 0.693. The standard InChI is InChI=1S/C9H12ClN3O2/c10-7-3-8(13-6-12-7)11-4-9(14)1-2-15-5-9/h3,6,14H,1-2,4-5H2,(H,11,12,13). The van der Waals surface area contributed by atoms with E-state index in [1.165, 1.54) is 6.33 Å². The Kier molecular flexibility index (Phi) is 3.04. The summed E-state index contributed by atoms with van der Waals surface area (Å²) in [5.74, 6) is 0.607. The Hall–Kier alpha value is -0.910. The molecule has 82 valence electrons. The van der Waals surface area contributed by atoms with Crippen LogP contribution in [0.2, 0.25) is 5.15 Å². The van der Waals surface area contributed by atoms with Crippen LogP contribution in [0.4, 0.5) is 5.82 Å². The summed E-state index contributed by atoms with van der Waals surface area (Å²) in [4.78, 5) is 7.74. The third-order valence-electron chi connectivity index (χ3n) is 2.31. The van der Waals surface area contributed by atoms with E-state index < -0.39 is 5.60 Å². The lowest BCUT2D eigenvalue weighted by Crippen LogP contribution is -2.37. The molecule has 1 fully saturated rings. The number of anilines is 1. The second-order valence-corrected chi connectivity index (χ2v) is 3.99. The van der Waals surface area contributed by atoms with Crippen LogP contribution in [0.15, 0.2) is 12.4 Å². The van der Waals surface area contributed by atoms with E-state index in [1.807, 2.05) is 0 Å². The summed E-state index contributed by atoms with van der Waals surface area (Å²) in [5, 5.41) is 13.3. The Morgan fingerprint density at radius 2 is 2.47 bits per heavy atom. The van der Waals surface area contributed by atoms with E-state index in [0.29, 0.717) is 37.2 Å². The summed E-state index contributed by atoms with van der Waals surface area (Å²) in [6.07, 6.45) is 2.01. The molecule has 0 spiro atoms. The molecule has 0 bridgehead atoms. The highest BCUT2D eigenvalue weighted by molar-refractivity contribution is 6.29. The van der Waals surface area contributed by atoms with Crippen molar-refractivity contribution in [3.8, 4) is 0 Å². The third kappa shape index (κ3) is 2.77. The fraction of sp³-hybridized carbons (Fsp3) is 0.556. The average molecular weight is 230 g/mol. The molecule has 1 aliphatic rings. The maximum absolute atomic E-state index is 9.96. The lowest BCUT2D eigenvalue weighted by molar-refractivity contribution is 0.0381. The number of ether oxygens (including phenoxy) is 1. The summed E-state index contributed by atoms with van der Waals surface area (Å²) >= 11 is 5.70. The number of nitrogens with one attached hydrogen (secondary N) is 1. The molecule has 0 radical (unpaired) electrons. The molecule has 1 atom stereocenters. The Morgan fingerprint density at radius 3 is 3.13 bits per heavy atom. The number of aliphatic hydroxyl groups is 1. The van der Waals surface area contributed by atoms with E-state index in [9.17, 15) is 5.11 Å². The first-order valence-corrected chi connectivity index (χ1v) is 5.07. The Labute approximate surface area is 92.5 Å². The number of halogens is 1. The number of rotatable bonds is 3. The largest absolute Gasteiger partial charge is 0.386 e. The van der Waals surface area contributed by atoms with Crippen molar-refractivity contribution in [1.29, 1.82) is 0 Å². The molecule has 5 nitrogen and oxygen atoms in total. The highest BCUT2D eigenvalue weighted by Crippen LogP contribution is 2.19. The van der Waals surface area contributed by atoms with Crippen molar-refractivity contribution in [2.75, 3.05) is 25.1 Å². The van der Waals surface area contributed by atoms with E-state index in [1.54, 1.807) is 6.07 Å². The van der Waals surface area contributed by atoms with E-state index in [-0.39, 0.29) is 0 Å². The fourth-order valence-electron chi connectivity index (χ4n) is 1.42. The summed E-state index contributed by atoms with van der Waals surface area (Å²) in [6.45, 7) is 1.36. The number of aromatic nitrogens is 2. The van der Waals surface area contributed by atoms with Crippen LogP contribution < -0.4 is 5.32 Å². The van der Waals surface area contributed by atoms with Crippen LogP contribution in [-0.4, -0.2) is 40.4 Å². The molecule has 2 heterocycles. The molecule has 0 saturated carbocycles. The molecule has 2 N–H and O–H groups in total. The van der Waals surface area contributed by atoms with Gasteiger partial charge >= 0.3 is 0 Å². The third-order valence-corrected chi connectivity index (χ3v) is 2.52. The van der Waals surface area contributed by atoms with Crippen LogP contribution >= 0.6 is 11.6 Å². The lowest BCUT2D eigenvalue weighted by atomic mass is 10.0. The molecule has 0 aliphatic carbocycles. The first kappa shape index (κ1) is 10.6. The highest BCUT2D eigenvalue weighted by Gasteiger charge is 2.31. The lowest BCUT2D eigenvalue weighted by Gasteiger charge is -2.20. The Bertz CT molecular complexity index is 342. The topological polar surface area (TPSA) is 67.3 Å². The van der Waals surface area contributed by atoms with Gasteiger partial charge in [0.2, 0.25) is 0 Å². The number of nitrogens with zero attached hydrogens (tertiary/aromatic N) is 2. The van der Waals surface area contributed by atoms with Gasteiger partial charge < -0.3 is 15.2 Å². The summed E-state index contributed by atoms with van der Waals surface area (Å²) in [6, 6.07) is 1.61. The average Bonchev–Trinajstić information content (AvgIpc) is 2.63. The second-order valence-electron chi connectivity index (χ2n) is 3.61. The van der Waals surface area contributed by atoms with Crippen molar-refractivity contribution in [2.45, 2.75) is 12.0 Å². The van der Waals surface area contributed by atoms with Crippen molar-refractivity contribution in [3.05, 3.63) is 17.5 Å². The zero-order valence-electron chi connectivity index (χ0n) is 8.11. The van der Waals surface area contributed by atoms with E-state index in [2.05, 4.69) is 15.3 Å². The number of hydrogen-bond donors (Lipinski definition) is 2. The van der Waals surface area contributed by atoms with Crippen LogP contribution in [0.1, 0.15) is 6.42 Å². The van der Waals surface area contributed by atoms with E-state index in [0.717, 1.165) is 0 Å². The van der Waals surface area contributed by atoms with Gasteiger partial charge in [0, 0.05) is 25.6 Å². The van der Waals surface area contributed by atoms with Crippen molar-refractivity contribution < 1.29 is 9.84 Å². The van der Waals surface area contributed by atoms with Gasteiger partial charge in [0.25, 0.3) is 0 Å². The van der Waals surface area contributed by atoms with Gasteiger partial charge in [-0.05, 0) is 0 Å². The van der Waals surface area contributed by atoms with Crippen LogP contribution in [0.3, 0.4) is 0 Å². The van der Waals surface area contributed by atoms with Crippen LogP contribution in [0.25, 0.3) is 0 Å². The SMILES string of the molecule is OC1(CNc2cc(Cl)ncn2)CCOC1. The van der Waals surface area contributed by atoms with Gasteiger partial charge in [-0.15, -0.1) is 0 Å². The fourth-order valence-corrected chi connectivity index (χ4v) is 1.57. The summed E-state index contributed by atoms with van der Waals surface area (Å²) in [7, 11) is 0. The van der Waals surface area contributed by atoms with Gasteiger partial charge in [-0.3, -0.25) is 0 Å². The predicted molar refractivity (Wildman–Crippen MR) is 55.9 cm³/mol. The molecular formula is C9H12ClN3O2. The second kappa shape index (κ2) is 4.30. The van der Waals surface area contributed by atoms with E-state index in [4.69, 9.17) is 16.3 Å². The minimum absolute atomic E-state index is 0.360. The van der Waals surface area contributed by atoms with Crippen LogP contribution in [0.5, 0.6) is 0 Å². The van der Waals surface area contributed by atoms with Crippen LogP contribution in [-0.2, 0) is 4.74 Å². The molecule has 1 saturated heterocycles. The number of hydrogen-bond acceptors (Lipinski definition) is 5. The van der Waals surface area contributed by atoms with Crippen LogP contribution in [0, 0.1) is 0 Å². The summed E-state index contributed by atoms with van der Waals surface area (Å²) < 4.78 is 5.12. The first-order valence-electron chi connectivity index (χ1n) is 4.70. The van der Waals surface area contributed by atoms with Gasteiger partial charge in [0.1, 0.15) is 22.9 Å². The maximum atomic E-state index is 9.96. The van der Waals surface area contributed by atoms with Crippen molar-refractivity contribution in [2.24, 2.45) is 0 Å². The van der Waals surface area contributed by atoms with Gasteiger partial charge in [-0.2, -0.15) is 0 Å². The molecule has 2 rings (SSSR count). The molecule has 0 aromatic carbocycles. The monoisotopic (exact) mass is 229 g/mol. The maximum Gasteiger partial charge on any atom is 0.134 e. The molecule has 15 heavy (non-hydrogen) atoms. The molecule has 1 aromatic rings. The Balaban J connectivity index is 1.92. The van der Waals surface area contributed by atoms with Gasteiger partial charge in [0.15, 0.2) is 0 Å². The molecule has 1 aliphatic heterocycles. The first-order chi connectivity index (χ1) is 7.18. The quantitative estimate of drug-likeness (QED) is 0.747.